The summed E-state index contributed by atoms with van der Waals surface area (Å²) in [5, 5.41) is 12.1. The molecule has 0 bridgehead atoms. The van der Waals surface area contributed by atoms with Gasteiger partial charge in [0.05, 0.1) is 13.7 Å². The summed E-state index contributed by atoms with van der Waals surface area (Å²) >= 11 is 0. The predicted octanol–water partition coefficient (Wildman–Crippen LogP) is 1.89. The second kappa shape index (κ2) is 5.77. The van der Waals surface area contributed by atoms with Gasteiger partial charge < -0.3 is 19.9 Å². The lowest BCUT2D eigenvalue weighted by molar-refractivity contribution is 0.196. The first-order valence-corrected chi connectivity index (χ1v) is 5.99. The van der Waals surface area contributed by atoms with Crippen molar-refractivity contribution in [2.24, 2.45) is 5.92 Å². The molecule has 0 heterocycles. The number of aliphatic hydroxyl groups excluding tert-OH is 1. The zero-order valence-electron chi connectivity index (χ0n) is 10.1. The molecule has 0 unspecified atom stereocenters. The van der Waals surface area contributed by atoms with Gasteiger partial charge in [0.1, 0.15) is 6.61 Å². The zero-order chi connectivity index (χ0) is 12.1. The first-order valence-electron chi connectivity index (χ1n) is 5.99. The molecule has 1 aromatic rings. The fraction of sp³-hybridized carbons (Fsp3) is 0.538. The molecular formula is C13H19NO3. The summed E-state index contributed by atoms with van der Waals surface area (Å²) in [5.41, 5.74) is 1.03. The normalized spacial score (nSPS) is 14.5. The SMILES string of the molecule is COc1ccc(NCC2CC2)cc1OCCO. The number of anilines is 1. The highest BCUT2D eigenvalue weighted by atomic mass is 16.5. The minimum Gasteiger partial charge on any atom is -0.493 e. The average Bonchev–Trinajstić information content (AvgIpc) is 3.18. The van der Waals surface area contributed by atoms with E-state index < -0.39 is 0 Å². The number of benzene rings is 1. The van der Waals surface area contributed by atoms with E-state index in [1.165, 1.54) is 12.8 Å². The standard InChI is InChI=1S/C13H19NO3/c1-16-12-5-4-11(14-9-10-2-3-10)8-13(12)17-7-6-15/h4-5,8,10,14-15H,2-3,6-7,9H2,1H3. The third-order valence-corrected chi connectivity index (χ3v) is 2.80. The average molecular weight is 237 g/mol. The molecule has 0 aromatic heterocycles. The van der Waals surface area contributed by atoms with Crippen molar-refractivity contribution in [1.29, 1.82) is 0 Å². The van der Waals surface area contributed by atoms with E-state index in [1.807, 2.05) is 18.2 Å². The van der Waals surface area contributed by atoms with E-state index in [2.05, 4.69) is 5.32 Å². The maximum absolute atomic E-state index is 8.76. The summed E-state index contributed by atoms with van der Waals surface area (Å²) in [6.07, 6.45) is 2.66. The van der Waals surface area contributed by atoms with Crippen LogP contribution in [0.1, 0.15) is 12.8 Å². The molecule has 17 heavy (non-hydrogen) atoms. The van der Waals surface area contributed by atoms with Crippen LogP contribution >= 0.6 is 0 Å². The molecule has 2 N–H and O–H groups in total. The molecule has 1 aliphatic carbocycles. The fourth-order valence-corrected chi connectivity index (χ4v) is 1.64. The third kappa shape index (κ3) is 3.53. The third-order valence-electron chi connectivity index (χ3n) is 2.80. The number of methoxy groups -OCH3 is 1. The van der Waals surface area contributed by atoms with E-state index in [9.17, 15) is 0 Å². The maximum atomic E-state index is 8.76. The van der Waals surface area contributed by atoms with Crippen molar-refractivity contribution in [2.45, 2.75) is 12.8 Å². The molecule has 4 nitrogen and oxygen atoms in total. The second-order valence-electron chi connectivity index (χ2n) is 4.26. The molecule has 0 amide bonds. The summed E-state index contributed by atoms with van der Waals surface area (Å²) in [6.45, 7) is 1.30. The van der Waals surface area contributed by atoms with Gasteiger partial charge in [0.25, 0.3) is 0 Å². The van der Waals surface area contributed by atoms with Gasteiger partial charge in [-0.15, -0.1) is 0 Å². The van der Waals surface area contributed by atoms with Gasteiger partial charge in [0.2, 0.25) is 0 Å². The molecular weight excluding hydrogens is 218 g/mol. The van der Waals surface area contributed by atoms with Crippen LogP contribution in [0.2, 0.25) is 0 Å². The van der Waals surface area contributed by atoms with Crippen LogP contribution in [0.25, 0.3) is 0 Å². The Labute approximate surface area is 102 Å². The summed E-state index contributed by atoms with van der Waals surface area (Å²) in [7, 11) is 1.61. The Morgan fingerprint density at radius 2 is 2.18 bits per heavy atom. The number of ether oxygens (including phenoxy) is 2. The Kier molecular flexibility index (Phi) is 4.09. The lowest BCUT2D eigenvalue weighted by atomic mass is 10.2. The van der Waals surface area contributed by atoms with Gasteiger partial charge in [-0.25, -0.2) is 0 Å². The van der Waals surface area contributed by atoms with Crippen LogP contribution in [0.4, 0.5) is 5.69 Å². The minimum atomic E-state index is 0.00286. The van der Waals surface area contributed by atoms with Gasteiger partial charge in [0.15, 0.2) is 11.5 Å². The molecule has 0 saturated heterocycles. The van der Waals surface area contributed by atoms with E-state index in [0.29, 0.717) is 11.5 Å². The summed E-state index contributed by atoms with van der Waals surface area (Å²) < 4.78 is 10.6. The van der Waals surface area contributed by atoms with Gasteiger partial charge in [-0.05, 0) is 30.9 Å². The van der Waals surface area contributed by atoms with Crippen molar-refractivity contribution < 1.29 is 14.6 Å². The quantitative estimate of drug-likeness (QED) is 0.760. The van der Waals surface area contributed by atoms with E-state index in [4.69, 9.17) is 14.6 Å². The molecule has 0 radical (unpaired) electrons. The Morgan fingerprint density at radius 3 is 2.82 bits per heavy atom. The zero-order valence-corrected chi connectivity index (χ0v) is 10.1. The molecule has 1 fully saturated rings. The maximum Gasteiger partial charge on any atom is 0.163 e. The minimum absolute atomic E-state index is 0.00286. The smallest absolute Gasteiger partial charge is 0.163 e. The molecule has 2 rings (SSSR count). The number of hydrogen-bond acceptors (Lipinski definition) is 4. The van der Waals surface area contributed by atoms with Gasteiger partial charge >= 0.3 is 0 Å². The summed E-state index contributed by atoms with van der Waals surface area (Å²) in [5.74, 6) is 2.19. The van der Waals surface area contributed by atoms with Crippen molar-refractivity contribution in [2.75, 3.05) is 32.2 Å². The summed E-state index contributed by atoms with van der Waals surface area (Å²) in [4.78, 5) is 0. The fourth-order valence-electron chi connectivity index (χ4n) is 1.64. The Bertz CT molecular complexity index is 364. The van der Waals surface area contributed by atoms with E-state index in [-0.39, 0.29) is 13.2 Å². The first kappa shape index (κ1) is 12.0. The molecule has 0 aliphatic heterocycles. The van der Waals surface area contributed by atoms with Crippen molar-refractivity contribution in [3.8, 4) is 11.5 Å². The predicted molar refractivity (Wildman–Crippen MR) is 66.8 cm³/mol. The number of rotatable bonds is 7. The van der Waals surface area contributed by atoms with Gasteiger partial charge in [-0.3, -0.25) is 0 Å². The van der Waals surface area contributed by atoms with E-state index in [1.54, 1.807) is 7.11 Å². The van der Waals surface area contributed by atoms with Crippen LogP contribution in [0, 0.1) is 5.92 Å². The monoisotopic (exact) mass is 237 g/mol. The van der Waals surface area contributed by atoms with Crippen LogP contribution in [-0.4, -0.2) is 32.0 Å². The van der Waals surface area contributed by atoms with Crippen LogP contribution in [0.15, 0.2) is 18.2 Å². The number of hydrogen-bond donors (Lipinski definition) is 2. The Morgan fingerprint density at radius 1 is 1.35 bits per heavy atom. The van der Waals surface area contributed by atoms with Gasteiger partial charge in [-0.1, -0.05) is 0 Å². The van der Waals surface area contributed by atoms with Crippen LogP contribution in [-0.2, 0) is 0 Å². The van der Waals surface area contributed by atoms with Crippen LogP contribution in [0.5, 0.6) is 11.5 Å². The molecule has 0 atom stereocenters. The Balaban J connectivity index is 2.00. The molecule has 94 valence electrons. The number of nitrogens with one attached hydrogen (secondary N) is 1. The van der Waals surface area contributed by atoms with Crippen LogP contribution in [0.3, 0.4) is 0 Å². The second-order valence-corrected chi connectivity index (χ2v) is 4.26. The van der Waals surface area contributed by atoms with E-state index in [0.717, 1.165) is 18.2 Å². The molecule has 0 spiro atoms. The lowest BCUT2D eigenvalue weighted by Crippen LogP contribution is -2.06. The van der Waals surface area contributed by atoms with E-state index >= 15 is 0 Å². The lowest BCUT2D eigenvalue weighted by Gasteiger charge is -2.12. The van der Waals surface area contributed by atoms with Gasteiger partial charge in [0, 0.05) is 18.3 Å². The highest BCUT2D eigenvalue weighted by Gasteiger charge is 2.20. The topological polar surface area (TPSA) is 50.7 Å². The molecule has 1 saturated carbocycles. The van der Waals surface area contributed by atoms with Crippen molar-refractivity contribution >= 4 is 5.69 Å². The highest BCUT2D eigenvalue weighted by Crippen LogP contribution is 2.32. The molecule has 1 aromatic carbocycles. The highest BCUT2D eigenvalue weighted by molar-refractivity contribution is 5.54. The van der Waals surface area contributed by atoms with Crippen LogP contribution < -0.4 is 14.8 Å². The van der Waals surface area contributed by atoms with Crippen molar-refractivity contribution in [1.82, 2.24) is 0 Å². The van der Waals surface area contributed by atoms with Gasteiger partial charge in [-0.2, -0.15) is 0 Å². The molecule has 4 heteroatoms. The van der Waals surface area contributed by atoms with Crippen molar-refractivity contribution in [3.63, 3.8) is 0 Å². The Hall–Kier alpha value is -1.42. The molecule has 1 aliphatic rings. The first-order chi connectivity index (χ1) is 8.33. The summed E-state index contributed by atoms with van der Waals surface area (Å²) in [6, 6.07) is 5.77. The van der Waals surface area contributed by atoms with Crippen molar-refractivity contribution in [3.05, 3.63) is 18.2 Å². The largest absolute Gasteiger partial charge is 0.493 e. The number of aliphatic hydroxyl groups is 1.